The Morgan fingerprint density at radius 3 is 2.14 bits per heavy atom. The van der Waals surface area contributed by atoms with Gasteiger partial charge in [0.1, 0.15) is 16.4 Å². The van der Waals surface area contributed by atoms with E-state index in [2.05, 4.69) is 0 Å². The first-order valence-electron chi connectivity index (χ1n) is 6.51. The molecule has 0 aliphatic heterocycles. The number of fused-ring (bicyclic) bond motifs is 2. The fourth-order valence-corrected chi connectivity index (χ4v) is 3.42. The SMILES string of the molecule is COc1cccc2cc3cccc(S(=O)(=O)O)c3c(OC)c12. The van der Waals surface area contributed by atoms with Gasteiger partial charge in [0.15, 0.2) is 0 Å². The number of rotatable bonds is 3. The first-order valence-corrected chi connectivity index (χ1v) is 7.95. The van der Waals surface area contributed by atoms with Crippen molar-refractivity contribution in [2.24, 2.45) is 0 Å². The first-order chi connectivity index (χ1) is 10.5. The molecule has 0 saturated heterocycles. The van der Waals surface area contributed by atoms with E-state index in [9.17, 15) is 13.0 Å². The maximum Gasteiger partial charge on any atom is 0.295 e. The van der Waals surface area contributed by atoms with Crippen molar-refractivity contribution < 1.29 is 22.4 Å². The molecule has 0 amide bonds. The minimum Gasteiger partial charge on any atom is -0.496 e. The highest BCUT2D eigenvalue weighted by molar-refractivity contribution is 7.86. The maximum absolute atomic E-state index is 11.7. The standard InChI is InChI=1S/C16H14O5S/c1-20-12-7-3-5-10-9-11-6-4-8-13(22(17,18)19)15(11)16(21-2)14(10)12/h3-9H,1-2H3,(H,17,18,19). The smallest absolute Gasteiger partial charge is 0.295 e. The molecule has 0 saturated carbocycles. The van der Waals surface area contributed by atoms with Gasteiger partial charge in [0.05, 0.1) is 19.6 Å². The summed E-state index contributed by atoms with van der Waals surface area (Å²) in [5, 5.41) is 2.52. The fraction of sp³-hybridized carbons (Fsp3) is 0.125. The fourth-order valence-electron chi connectivity index (χ4n) is 2.70. The average molecular weight is 318 g/mol. The molecule has 3 aromatic carbocycles. The molecule has 1 N–H and O–H groups in total. The number of hydrogen-bond donors (Lipinski definition) is 1. The molecule has 0 aromatic heterocycles. The zero-order valence-corrected chi connectivity index (χ0v) is 12.8. The lowest BCUT2D eigenvalue weighted by molar-refractivity contribution is 0.407. The number of benzene rings is 3. The lowest BCUT2D eigenvalue weighted by Gasteiger charge is -2.14. The topological polar surface area (TPSA) is 72.8 Å². The van der Waals surface area contributed by atoms with Crippen molar-refractivity contribution in [2.75, 3.05) is 14.2 Å². The Labute approximate surface area is 127 Å². The number of hydrogen-bond acceptors (Lipinski definition) is 4. The Kier molecular flexibility index (Phi) is 3.42. The van der Waals surface area contributed by atoms with E-state index < -0.39 is 10.1 Å². The summed E-state index contributed by atoms with van der Waals surface area (Å²) < 4.78 is 43.7. The van der Waals surface area contributed by atoms with E-state index in [1.54, 1.807) is 18.2 Å². The van der Waals surface area contributed by atoms with Crippen LogP contribution in [0.1, 0.15) is 0 Å². The molecule has 0 heterocycles. The van der Waals surface area contributed by atoms with Crippen molar-refractivity contribution in [1.82, 2.24) is 0 Å². The quantitative estimate of drug-likeness (QED) is 0.593. The molecular weight excluding hydrogens is 304 g/mol. The monoisotopic (exact) mass is 318 g/mol. The van der Waals surface area contributed by atoms with Gasteiger partial charge >= 0.3 is 0 Å². The van der Waals surface area contributed by atoms with Crippen molar-refractivity contribution in [3.05, 3.63) is 42.5 Å². The number of methoxy groups -OCH3 is 2. The van der Waals surface area contributed by atoms with Crippen molar-refractivity contribution in [2.45, 2.75) is 4.90 Å². The molecule has 5 nitrogen and oxygen atoms in total. The van der Waals surface area contributed by atoms with Crippen LogP contribution in [0.2, 0.25) is 0 Å². The molecule has 0 bridgehead atoms. The predicted octanol–water partition coefficient (Wildman–Crippen LogP) is 3.26. The maximum atomic E-state index is 11.7. The lowest BCUT2D eigenvalue weighted by atomic mass is 10.0. The van der Waals surface area contributed by atoms with E-state index in [-0.39, 0.29) is 4.90 Å². The third-order valence-corrected chi connectivity index (χ3v) is 4.48. The van der Waals surface area contributed by atoms with Crippen LogP contribution in [0, 0.1) is 0 Å². The van der Waals surface area contributed by atoms with Crippen molar-refractivity contribution in [3.8, 4) is 11.5 Å². The summed E-state index contributed by atoms with van der Waals surface area (Å²) in [6.45, 7) is 0. The third kappa shape index (κ3) is 2.17. The molecule has 3 aromatic rings. The minimum atomic E-state index is -4.37. The summed E-state index contributed by atoms with van der Waals surface area (Å²) in [4.78, 5) is -0.186. The van der Waals surface area contributed by atoms with Gasteiger partial charge in [0.2, 0.25) is 0 Å². The molecule has 0 aliphatic rings. The van der Waals surface area contributed by atoms with E-state index in [0.29, 0.717) is 27.7 Å². The molecule has 6 heteroatoms. The Balaban J connectivity index is 2.63. The molecule has 0 spiro atoms. The summed E-state index contributed by atoms with van der Waals surface area (Å²) in [6, 6.07) is 12.0. The van der Waals surface area contributed by atoms with E-state index in [1.165, 1.54) is 20.3 Å². The molecular formula is C16H14O5S. The summed E-state index contributed by atoms with van der Waals surface area (Å²) >= 11 is 0. The highest BCUT2D eigenvalue weighted by Crippen LogP contribution is 2.42. The highest BCUT2D eigenvalue weighted by Gasteiger charge is 2.20. The Hall–Kier alpha value is -2.31. The molecule has 22 heavy (non-hydrogen) atoms. The first kappa shape index (κ1) is 14.6. The summed E-state index contributed by atoms with van der Waals surface area (Å²) in [5.41, 5.74) is 0. The van der Waals surface area contributed by atoms with Crippen LogP contribution in [0.5, 0.6) is 11.5 Å². The van der Waals surface area contributed by atoms with Gasteiger partial charge in [-0.25, -0.2) is 0 Å². The third-order valence-electron chi connectivity index (χ3n) is 3.58. The second kappa shape index (κ2) is 5.15. The Morgan fingerprint density at radius 1 is 0.909 bits per heavy atom. The predicted molar refractivity (Wildman–Crippen MR) is 84.4 cm³/mol. The molecule has 0 aliphatic carbocycles. The van der Waals surface area contributed by atoms with Crippen LogP contribution >= 0.6 is 0 Å². The average Bonchev–Trinajstić information content (AvgIpc) is 2.50. The molecule has 0 fully saturated rings. The molecule has 0 atom stereocenters. The summed E-state index contributed by atoms with van der Waals surface area (Å²) in [5.74, 6) is 0.930. The Morgan fingerprint density at radius 2 is 1.55 bits per heavy atom. The van der Waals surface area contributed by atoms with Gasteiger partial charge in [-0.1, -0.05) is 24.3 Å². The van der Waals surface area contributed by atoms with Gasteiger partial charge in [0.25, 0.3) is 10.1 Å². The van der Waals surface area contributed by atoms with Gasteiger partial charge in [0, 0.05) is 5.39 Å². The molecule has 0 unspecified atom stereocenters. The van der Waals surface area contributed by atoms with Crippen molar-refractivity contribution in [1.29, 1.82) is 0 Å². The number of ether oxygens (including phenoxy) is 2. The van der Waals surface area contributed by atoms with Crippen LogP contribution < -0.4 is 9.47 Å². The van der Waals surface area contributed by atoms with Crippen LogP contribution in [0.4, 0.5) is 0 Å². The van der Waals surface area contributed by atoms with Gasteiger partial charge in [-0.05, 0) is 29.0 Å². The van der Waals surface area contributed by atoms with E-state index in [4.69, 9.17) is 9.47 Å². The second-order valence-electron chi connectivity index (χ2n) is 4.80. The van der Waals surface area contributed by atoms with Crippen LogP contribution in [0.25, 0.3) is 21.5 Å². The second-order valence-corrected chi connectivity index (χ2v) is 6.19. The van der Waals surface area contributed by atoms with Gasteiger partial charge in [-0.2, -0.15) is 8.42 Å². The van der Waals surface area contributed by atoms with E-state index >= 15 is 0 Å². The zero-order valence-electron chi connectivity index (χ0n) is 12.0. The summed E-state index contributed by atoms with van der Waals surface area (Å²) in [6.07, 6.45) is 0. The molecule has 3 rings (SSSR count). The van der Waals surface area contributed by atoms with Crippen molar-refractivity contribution in [3.63, 3.8) is 0 Å². The molecule has 0 radical (unpaired) electrons. The van der Waals surface area contributed by atoms with E-state index in [0.717, 1.165) is 5.39 Å². The van der Waals surface area contributed by atoms with Gasteiger partial charge < -0.3 is 9.47 Å². The highest BCUT2D eigenvalue weighted by atomic mass is 32.2. The van der Waals surface area contributed by atoms with Crippen LogP contribution in [-0.2, 0) is 10.1 Å². The van der Waals surface area contributed by atoms with E-state index in [1.807, 2.05) is 18.2 Å². The zero-order chi connectivity index (χ0) is 15.9. The van der Waals surface area contributed by atoms with Crippen LogP contribution in [0.3, 0.4) is 0 Å². The van der Waals surface area contributed by atoms with Crippen LogP contribution in [0.15, 0.2) is 47.4 Å². The van der Waals surface area contributed by atoms with Gasteiger partial charge in [-0.15, -0.1) is 0 Å². The lowest BCUT2D eigenvalue weighted by Crippen LogP contribution is -2.01. The molecule has 114 valence electrons. The normalized spacial score (nSPS) is 11.8. The van der Waals surface area contributed by atoms with Crippen molar-refractivity contribution >= 4 is 31.7 Å². The van der Waals surface area contributed by atoms with Crippen LogP contribution in [-0.4, -0.2) is 27.2 Å². The minimum absolute atomic E-state index is 0.186. The Bertz CT molecular complexity index is 977. The summed E-state index contributed by atoms with van der Waals surface area (Å²) in [7, 11) is -1.38. The largest absolute Gasteiger partial charge is 0.496 e. The van der Waals surface area contributed by atoms with Gasteiger partial charge in [-0.3, -0.25) is 4.55 Å².